The van der Waals surface area contributed by atoms with E-state index in [1.807, 2.05) is 30.6 Å². The Balaban J connectivity index is 2.07. The van der Waals surface area contributed by atoms with E-state index in [4.69, 9.17) is 4.42 Å². The van der Waals surface area contributed by atoms with Gasteiger partial charge in [0.1, 0.15) is 11.2 Å². The molecule has 0 unspecified atom stereocenters. The molecule has 20 heavy (non-hydrogen) atoms. The second-order valence-electron chi connectivity index (χ2n) is 5.03. The zero-order valence-electron chi connectivity index (χ0n) is 11.1. The maximum Gasteiger partial charge on any atom is 0.146 e. The van der Waals surface area contributed by atoms with Crippen molar-refractivity contribution in [2.75, 3.05) is 0 Å². The van der Waals surface area contributed by atoms with Crippen molar-refractivity contribution >= 4 is 21.9 Å². The van der Waals surface area contributed by atoms with Crippen molar-refractivity contribution in [3.8, 4) is 11.1 Å². The molecular formula is C18H13NO. The molecule has 2 heterocycles. The maximum absolute atomic E-state index is 6.03. The molecule has 2 aromatic heterocycles. The van der Waals surface area contributed by atoms with Crippen LogP contribution in [-0.2, 0) is 0 Å². The number of hydrogen-bond acceptors (Lipinski definition) is 2. The van der Waals surface area contributed by atoms with Gasteiger partial charge in [0.15, 0.2) is 0 Å². The zero-order valence-corrected chi connectivity index (χ0v) is 11.1. The summed E-state index contributed by atoms with van der Waals surface area (Å²) < 4.78 is 6.03. The second-order valence-corrected chi connectivity index (χ2v) is 5.03. The smallest absolute Gasteiger partial charge is 0.146 e. The fourth-order valence-electron chi connectivity index (χ4n) is 2.58. The number of aryl methyl sites for hydroxylation is 1. The van der Waals surface area contributed by atoms with Crippen LogP contribution in [0.1, 0.15) is 5.56 Å². The van der Waals surface area contributed by atoms with Crippen LogP contribution >= 0.6 is 0 Å². The first-order valence-electron chi connectivity index (χ1n) is 6.65. The number of fused-ring (bicyclic) bond motifs is 3. The van der Waals surface area contributed by atoms with E-state index < -0.39 is 0 Å². The number of aromatic nitrogens is 1. The van der Waals surface area contributed by atoms with Crippen LogP contribution in [0.3, 0.4) is 0 Å². The van der Waals surface area contributed by atoms with Gasteiger partial charge in [0.25, 0.3) is 0 Å². The van der Waals surface area contributed by atoms with Gasteiger partial charge in [0.2, 0.25) is 0 Å². The standard InChI is InChI=1S/C18H13NO/c1-12-6-8-13(9-7-12)15-10-19-11-16-14-4-2-3-5-17(14)20-18(15)16/h2-11H,1H3. The number of hydrogen-bond donors (Lipinski definition) is 0. The van der Waals surface area contributed by atoms with Gasteiger partial charge < -0.3 is 4.42 Å². The maximum atomic E-state index is 6.03. The fourth-order valence-corrected chi connectivity index (χ4v) is 2.58. The Morgan fingerprint density at radius 1 is 0.850 bits per heavy atom. The zero-order chi connectivity index (χ0) is 13.5. The van der Waals surface area contributed by atoms with E-state index in [9.17, 15) is 0 Å². The third-order valence-corrected chi connectivity index (χ3v) is 3.65. The molecule has 0 spiro atoms. The largest absolute Gasteiger partial charge is 0.455 e. The molecule has 4 aromatic rings. The minimum Gasteiger partial charge on any atom is -0.455 e. The molecular weight excluding hydrogens is 246 g/mol. The van der Waals surface area contributed by atoms with Crippen molar-refractivity contribution in [2.24, 2.45) is 0 Å². The van der Waals surface area contributed by atoms with E-state index in [1.54, 1.807) is 0 Å². The van der Waals surface area contributed by atoms with Crippen LogP contribution in [0.4, 0.5) is 0 Å². The average molecular weight is 259 g/mol. The molecule has 0 saturated carbocycles. The molecule has 0 atom stereocenters. The van der Waals surface area contributed by atoms with Gasteiger partial charge in [0, 0.05) is 28.7 Å². The van der Waals surface area contributed by atoms with E-state index >= 15 is 0 Å². The highest BCUT2D eigenvalue weighted by atomic mass is 16.3. The van der Waals surface area contributed by atoms with Gasteiger partial charge >= 0.3 is 0 Å². The summed E-state index contributed by atoms with van der Waals surface area (Å²) in [5.41, 5.74) is 5.24. The highest BCUT2D eigenvalue weighted by Gasteiger charge is 2.11. The van der Waals surface area contributed by atoms with E-state index in [-0.39, 0.29) is 0 Å². The lowest BCUT2D eigenvalue weighted by molar-refractivity contribution is 0.669. The summed E-state index contributed by atoms with van der Waals surface area (Å²) in [5.74, 6) is 0. The Labute approximate surface area is 116 Å². The number of rotatable bonds is 1. The third-order valence-electron chi connectivity index (χ3n) is 3.65. The summed E-state index contributed by atoms with van der Waals surface area (Å²) in [6.07, 6.45) is 3.74. The monoisotopic (exact) mass is 259 g/mol. The van der Waals surface area contributed by atoms with Crippen molar-refractivity contribution in [1.29, 1.82) is 0 Å². The molecule has 0 saturated heterocycles. The number of benzene rings is 2. The normalized spacial score (nSPS) is 11.2. The lowest BCUT2D eigenvalue weighted by atomic mass is 10.0. The fraction of sp³-hybridized carbons (Fsp3) is 0.0556. The predicted molar refractivity (Wildman–Crippen MR) is 81.7 cm³/mol. The molecule has 0 amide bonds. The SMILES string of the molecule is Cc1ccc(-c2cncc3c2oc2ccccc23)cc1. The van der Waals surface area contributed by atoms with Crippen LogP contribution in [-0.4, -0.2) is 4.98 Å². The van der Waals surface area contributed by atoms with Crippen LogP contribution in [0.25, 0.3) is 33.1 Å². The number of furan rings is 1. The van der Waals surface area contributed by atoms with Crippen molar-refractivity contribution in [3.05, 3.63) is 66.5 Å². The molecule has 0 bridgehead atoms. The molecule has 0 fully saturated rings. The molecule has 2 aromatic carbocycles. The van der Waals surface area contributed by atoms with E-state index in [2.05, 4.69) is 42.2 Å². The molecule has 0 radical (unpaired) electrons. The number of pyridine rings is 1. The third kappa shape index (κ3) is 1.62. The van der Waals surface area contributed by atoms with Crippen molar-refractivity contribution < 1.29 is 4.42 Å². The highest BCUT2D eigenvalue weighted by molar-refractivity contribution is 6.08. The predicted octanol–water partition coefficient (Wildman–Crippen LogP) is 4.96. The first kappa shape index (κ1) is 11.2. The topological polar surface area (TPSA) is 26.0 Å². The summed E-state index contributed by atoms with van der Waals surface area (Å²) in [6.45, 7) is 2.09. The van der Waals surface area contributed by atoms with Gasteiger partial charge in [-0.05, 0) is 18.6 Å². The molecule has 0 aliphatic carbocycles. The minimum atomic E-state index is 0.906. The van der Waals surface area contributed by atoms with Gasteiger partial charge in [-0.25, -0.2) is 0 Å². The van der Waals surface area contributed by atoms with E-state index in [0.29, 0.717) is 0 Å². The van der Waals surface area contributed by atoms with Crippen molar-refractivity contribution in [3.63, 3.8) is 0 Å². The lowest BCUT2D eigenvalue weighted by Crippen LogP contribution is -1.81. The highest BCUT2D eigenvalue weighted by Crippen LogP contribution is 2.34. The molecule has 4 rings (SSSR count). The molecule has 0 N–H and O–H groups in total. The quantitative estimate of drug-likeness (QED) is 0.483. The van der Waals surface area contributed by atoms with E-state index in [1.165, 1.54) is 5.56 Å². The van der Waals surface area contributed by atoms with Gasteiger partial charge in [-0.3, -0.25) is 4.98 Å². The Morgan fingerprint density at radius 2 is 1.65 bits per heavy atom. The molecule has 2 heteroatoms. The Morgan fingerprint density at radius 3 is 2.50 bits per heavy atom. The Hall–Kier alpha value is -2.61. The molecule has 2 nitrogen and oxygen atoms in total. The van der Waals surface area contributed by atoms with Crippen LogP contribution < -0.4 is 0 Å². The number of nitrogens with zero attached hydrogens (tertiary/aromatic N) is 1. The first-order chi connectivity index (χ1) is 9.83. The molecule has 0 aliphatic heterocycles. The average Bonchev–Trinajstić information content (AvgIpc) is 2.87. The summed E-state index contributed by atoms with van der Waals surface area (Å²) in [7, 11) is 0. The molecule has 96 valence electrons. The first-order valence-corrected chi connectivity index (χ1v) is 6.65. The summed E-state index contributed by atoms with van der Waals surface area (Å²) in [4.78, 5) is 4.37. The van der Waals surface area contributed by atoms with Crippen LogP contribution in [0, 0.1) is 6.92 Å². The Kier molecular flexibility index (Phi) is 2.36. The summed E-state index contributed by atoms with van der Waals surface area (Å²) in [5, 5.41) is 2.18. The van der Waals surface area contributed by atoms with Crippen molar-refractivity contribution in [2.45, 2.75) is 6.92 Å². The van der Waals surface area contributed by atoms with E-state index in [0.717, 1.165) is 33.1 Å². The summed E-state index contributed by atoms with van der Waals surface area (Å²) >= 11 is 0. The van der Waals surface area contributed by atoms with Gasteiger partial charge in [0.05, 0.1) is 0 Å². The van der Waals surface area contributed by atoms with Crippen LogP contribution in [0.5, 0.6) is 0 Å². The molecule has 0 aliphatic rings. The second kappa shape index (κ2) is 4.20. The van der Waals surface area contributed by atoms with Gasteiger partial charge in [-0.1, -0.05) is 48.0 Å². The minimum absolute atomic E-state index is 0.906. The Bertz CT molecular complexity index is 904. The van der Waals surface area contributed by atoms with Crippen LogP contribution in [0.2, 0.25) is 0 Å². The summed E-state index contributed by atoms with van der Waals surface area (Å²) in [6, 6.07) is 16.5. The van der Waals surface area contributed by atoms with Gasteiger partial charge in [-0.2, -0.15) is 0 Å². The number of para-hydroxylation sites is 1. The van der Waals surface area contributed by atoms with Crippen molar-refractivity contribution in [1.82, 2.24) is 4.98 Å². The van der Waals surface area contributed by atoms with Crippen LogP contribution in [0.15, 0.2) is 65.3 Å². The lowest BCUT2D eigenvalue weighted by Gasteiger charge is -2.02. The van der Waals surface area contributed by atoms with Gasteiger partial charge in [-0.15, -0.1) is 0 Å².